The van der Waals surface area contributed by atoms with Crippen LogP contribution in [-0.2, 0) is 6.54 Å². The van der Waals surface area contributed by atoms with E-state index in [-0.39, 0.29) is 6.04 Å². The minimum Gasteiger partial charge on any atom is -0.465 e. The summed E-state index contributed by atoms with van der Waals surface area (Å²) in [5, 5.41) is 12.2. The van der Waals surface area contributed by atoms with Crippen molar-refractivity contribution in [2.75, 3.05) is 32.0 Å². The third-order valence-corrected chi connectivity index (χ3v) is 3.98. The molecule has 0 aliphatic carbocycles. The summed E-state index contributed by atoms with van der Waals surface area (Å²) in [4.78, 5) is 14.9. The van der Waals surface area contributed by atoms with Crippen LogP contribution in [-0.4, -0.2) is 53.7 Å². The molecule has 1 aromatic carbocycles. The topological polar surface area (TPSA) is 55.8 Å². The normalized spacial score (nSPS) is 19.9. The standard InChI is InChI=1S/C15H23N3O2/c1-11-8-14(16-3)5-4-13(11)10-17-6-7-18(15(19)20)12(2)9-17/h4-5,8,12,16H,6-7,9-10H2,1-3H3,(H,19,20). The highest BCUT2D eigenvalue weighted by molar-refractivity contribution is 5.65. The third kappa shape index (κ3) is 3.22. The average Bonchev–Trinajstić information content (AvgIpc) is 2.40. The number of nitrogens with zero attached hydrogens (tertiary/aromatic N) is 2. The van der Waals surface area contributed by atoms with Gasteiger partial charge in [0.2, 0.25) is 0 Å². The van der Waals surface area contributed by atoms with E-state index in [4.69, 9.17) is 5.11 Å². The number of amides is 1. The highest BCUT2D eigenvalue weighted by Crippen LogP contribution is 2.18. The Morgan fingerprint density at radius 3 is 2.75 bits per heavy atom. The van der Waals surface area contributed by atoms with Gasteiger partial charge in [0.15, 0.2) is 0 Å². The minimum absolute atomic E-state index is 0.0538. The van der Waals surface area contributed by atoms with Crippen LogP contribution in [0.4, 0.5) is 10.5 Å². The summed E-state index contributed by atoms with van der Waals surface area (Å²) in [6.07, 6.45) is -0.813. The van der Waals surface area contributed by atoms with E-state index in [1.54, 1.807) is 0 Å². The molecule has 0 radical (unpaired) electrons. The summed E-state index contributed by atoms with van der Waals surface area (Å²) in [6.45, 7) is 7.14. The summed E-state index contributed by atoms with van der Waals surface area (Å²) in [7, 11) is 1.92. The predicted molar refractivity (Wildman–Crippen MR) is 80.2 cm³/mol. The smallest absolute Gasteiger partial charge is 0.407 e. The van der Waals surface area contributed by atoms with Gasteiger partial charge < -0.3 is 15.3 Å². The Morgan fingerprint density at radius 2 is 2.20 bits per heavy atom. The second-order valence-electron chi connectivity index (χ2n) is 5.45. The first-order chi connectivity index (χ1) is 9.51. The van der Waals surface area contributed by atoms with Crippen molar-refractivity contribution >= 4 is 11.8 Å². The Balaban J connectivity index is 2.00. The molecule has 1 saturated heterocycles. The van der Waals surface area contributed by atoms with Crippen LogP contribution in [0.25, 0.3) is 0 Å². The molecular formula is C15H23N3O2. The fourth-order valence-electron chi connectivity index (χ4n) is 2.73. The van der Waals surface area contributed by atoms with Gasteiger partial charge in [0, 0.05) is 45.0 Å². The number of piperazine rings is 1. The molecule has 1 aromatic rings. The number of aryl methyl sites for hydroxylation is 1. The molecule has 5 heteroatoms. The Morgan fingerprint density at radius 1 is 1.45 bits per heavy atom. The lowest BCUT2D eigenvalue weighted by Gasteiger charge is -2.38. The molecule has 2 rings (SSSR count). The highest BCUT2D eigenvalue weighted by atomic mass is 16.4. The van der Waals surface area contributed by atoms with Crippen LogP contribution in [0.1, 0.15) is 18.1 Å². The van der Waals surface area contributed by atoms with Crippen molar-refractivity contribution in [1.82, 2.24) is 9.80 Å². The van der Waals surface area contributed by atoms with Crippen molar-refractivity contribution in [3.05, 3.63) is 29.3 Å². The maximum absolute atomic E-state index is 11.1. The molecule has 1 heterocycles. The van der Waals surface area contributed by atoms with Gasteiger partial charge in [-0.15, -0.1) is 0 Å². The Kier molecular flexibility index (Phi) is 4.49. The first-order valence-corrected chi connectivity index (χ1v) is 7.00. The number of anilines is 1. The molecule has 1 aliphatic heterocycles. The summed E-state index contributed by atoms with van der Waals surface area (Å²) in [5.41, 5.74) is 3.69. The van der Waals surface area contributed by atoms with Crippen LogP contribution in [0.2, 0.25) is 0 Å². The third-order valence-electron chi connectivity index (χ3n) is 3.98. The molecule has 110 valence electrons. The van der Waals surface area contributed by atoms with Crippen molar-refractivity contribution < 1.29 is 9.90 Å². The number of nitrogens with one attached hydrogen (secondary N) is 1. The Bertz CT molecular complexity index is 490. The molecule has 0 saturated carbocycles. The van der Waals surface area contributed by atoms with E-state index in [0.717, 1.165) is 25.3 Å². The molecule has 1 fully saturated rings. The van der Waals surface area contributed by atoms with E-state index >= 15 is 0 Å². The first kappa shape index (κ1) is 14.7. The molecular weight excluding hydrogens is 254 g/mol. The van der Waals surface area contributed by atoms with Crippen LogP contribution < -0.4 is 5.32 Å². The molecule has 5 nitrogen and oxygen atoms in total. The number of hydrogen-bond acceptors (Lipinski definition) is 3. The monoisotopic (exact) mass is 277 g/mol. The van der Waals surface area contributed by atoms with Crippen molar-refractivity contribution in [3.63, 3.8) is 0 Å². The Hall–Kier alpha value is -1.75. The van der Waals surface area contributed by atoms with E-state index < -0.39 is 6.09 Å². The van der Waals surface area contributed by atoms with Crippen LogP contribution in [0.3, 0.4) is 0 Å². The van der Waals surface area contributed by atoms with Gasteiger partial charge in [-0.05, 0) is 37.1 Å². The van der Waals surface area contributed by atoms with Crippen LogP contribution in [0.15, 0.2) is 18.2 Å². The zero-order chi connectivity index (χ0) is 14.7. The number of carbonyl (C=O) groups is 1. The zero-order valence-electron chi connectivity index (χ0n) is 12.4. The number of rotatable bonds is 3. The minimum atomic E-state index is -0.813. The maximum atomic E-state index is 11.1. The van der Waals surface area contributed by atoms with Gasteiger partial charge in [-0.25, -0.2) is 4.79 Å². The number of hydrogen-bond donors (Lipinski definition) is 2. The van der Waals surface area contributed by atoms with Crippen molar-refractivity contribution in [2.45, 2.75) is 26.4 Å². The summed E-state index contributed by atoms with van der Waals surface area (Å²) < 4.78 is 0. The average molecular weight is 277 g/mol. The van der Waals surface area contributed by atoms with Gasteiger partial charge in [0.25, 0.3) is 0 Å². The van der Waals surface area contributed by atoms with Crippen LogP contribution >= 0.6 is 0 Å². The lowest BCUT2D eigenvalue weighted by Crippen LogP contribution is -2.53. The largest absolute Gasteiger partial charge is 0.465 e. The molecule has 0 bridgehead atoms. The molecule has 0 aromatic heterocycles. The van der Waals surface area contributed by atoms with E-state index in [9.17, 15) is 4.79 Å². The zero-order valence-corrected chi connectivity index (χ0v) is 12.4. The SMILES string of the molecule is CNc1ccc(CN2CCN(C(=O)O)C(C)C2)c(C)c1. The first-order valence-electron chi connectivity index (χ1n) is 7.00. The molecule has 1 unspecified atom stereocenters. The second kappa shape index (κ2) is 6.13. The highest BCUT2D eigenvalue weighted by Gasteiger charge is 2.27. The van der Waals surface area contributed by atoms with E-state index in [1.165, 1.54) is 16.0 Å². The summed E-state index contributed by atoms with van der Waals surface area (Å²) in [6, 6.07) is 6.43. The lowest BCUT2D eigenvalue weighted by molar-refractivity contribution is 0.0710. The Labute approximate surface area is 120 Å². The second-order valence-corrected chi connectivity index (χ2v) is 5.45. The van der Waals surface area contributed by atoms with E-state index in [2.05, 4.69) is 35.3 Å². The predicted octanol–water partition coefficient (Wildman–Crippen LogP) is 2.22. The fourth-order valence-corrected chi connectivity index (χ4v) is 2.73. The van der Waals surface area contributed by atoms with Gasteiger partial charge in [-0.1, -0.05) is 6.07 Å². The van der Waals surface area contributed by atoms with Gasteiger partial charge >= 0.3 is 6.09 Å². The van der Waals surface area contributed by atoms with E-state index in [1.807, 2.05) is 14.0 Å². The molecule has 1 atom stereocenters. The molecule has 2 N–H and O–H groups in total. The van der Waals surface area contributed by atoms with Gasteiger partial charge in [-0.2, -0.15) is 0 Å². The van der Waals surface area contributed by atoms with Gasteiger partial charge in [0.05, 0.1) is 0 Å². The molecule has 1 amide bonds. The summed E-state index contributed by atoms with van der Waals surface area (Å²) in [5.74, 6) is 0. The van der Waals surface area contributed by atoms with Gasteiger partial charge in [0.1, 0.15) is 0 Å². The fraction of sp³-hybridized carbons (Fsp3) is 0.533. The molecule has 20 heavy (non-hydrogen) atoms. The van der Waals surface area contributed by atoms with E-state index in [0.29, 0.717) is 6.54 Å². The van der Waals surface area contributed by atoms with Crippen molar-refractivity contribution in [2.24, 2.45) is 0 Å². The number of benzene rings is 1. The maximum Gasteiger partial charge on any atom is 0.407 e. The van der Waals surface area contributed by atoms with Crippen molar-refractivity contribution in [3.8, 4) is 0 Å². The molecule has 1 aliphatic rings. The summed E-state index contributed by atoms with van der Waals surface area (Å²) >= 11 is 0. The quantitative estimate of drug-likeness (QED) is 0.889. The van der Waals surface area contributed by atoms with Crippen LogP contribution in [0, 0.1) is 6.92 Å². The number of carboxylic acid groups (broad SMARTS) is 1. The van der Waals surface area contributed by atoms with Gasteiger partial charge in [-0.3, -0.25) is 4.90 Å². The lowest BCUT2D eigenvalue weighted by atomic mass is 10.1. The molecule has 0 spiro atoms. The van der Waals surface area contributed by atoms with Crippen molar-refractivity contribution in [1.29, 1.82) is 0 Å². The van der Waals surface area contributed by atoms with Crippen LogP contribution in [0.5, 0.6) is 0 Å².